The van der Waals surface area contributed by atoms with Crippen molar-refractivity contribution in [2.24, 2.45) is 5.10 Å². The fraction of sp³-hybridized carbons (Fsp3) is 0.0400. The van der Waals surface area contributed by atoms with Gasteiger partial charge in [-0.05, 0) is 47.5 Å². The molecule has 0 saturated carbocycles. The molecule has 3 aromatic carbocycles. The molecule has 174 valence electrons. The summed E-state index contributed by atoms with van der Waals surface area (Å²) in [5, 5.41) is 8.07. The number of anilines is 1. The fourth-order valence-electron chi connectivity index (χ4n) is 3.58. The first-order valence-corrected chi connectivity index (χ1v) is 11.2. The number of carbonyl (C=O) groups is 1. The maximum Gasteiger partial charge on any atom is 0.257 e. The molecule has 5 rings (SSSR count). The topological polar surface area (TPSA) is 98.2 Å². The normalized spacial score (nSPS) is 11.5. The van der Waals surface area contributed by atoms with Crippen molar-refractivity contribution in [1.82, 2.24) is 20.0 Å². The van der Waals surface area contributed by atoms with E-state index < -0.39 is 5.91 Å². The number of rotatable bonds is 5. The van der Waals surface area contributed by atoms with E-state index in [-0.39, 0.29) is 23.7 Å². The van der Waals surface area contributed by atoms with Crippen molar-refractivity contribution < 1.29 is 9.18 Å². The third kappa shape index (κ3) is 4.53. The molecule has 0 fully saturated rings. The number of benzene rings is 3. The lowest BCUT2D eigenvalue weighted by atomic mass is 10.2. The van der Waals surface area contributed by atoms with Gasteiger partial charge in [0.1, 0.15) is 22.7 Å². The summed E-state index contributed by atoms with van der Waals surface area (Å²) >= 11 is 12.1. The largest absolute Gasteiger partial charge is 0.383 e. The van der Waals surface area contributed by atoms with E-state index in [1.807, 2.05) is 18.2 Å². The molecule has 0 saturated heterocycles. The maximum atomic E-state index is 13.2. The molecule has 0 unspecified atom stereocenters. The van der Waals surface area contributed by atoms with Gasteiger partial charge in [0.2, 0.25) is 0 Å². The highest BCUT2D eigenvalue weighted by atomic mass is 35.5. The number of para-hydroxylation sites is 2. The Labute approximate surface area is 209 Å². The number of halogens is 3. The monoisotopic (exact) mass is 506 g/mol. The van der Waals surface area contributed by atoms with Gasteiger partial charge in [-0.1, -0.05) is 53.5 Å². The lowest BCUT2D eigenvalue weighted by molar-refractivity contribution is 0.0953. The molecule has 2 heterocycles. The predicted octanol–water partition coefficient (Wildman–Crippen LogP) is 5.42. The van der Waals surface area contributed by atoms with Gasteiger partial charge >= 0.3 is 0 Å². The molecule has 0 spiro atoms. The van der Waals surface area contributed by atoms with Gasteiger partial charge in [-0.3, -0.25) is 4.79 Å². The Bertz CT molecular complexity index is 1610. The SMILES string of the molecule is Nc1c(C(=O)NCc2ccc(F)cc2)c2nc3ccccc3nc2n1N=Cc1ccc(Cl)c(Cl)c1. The van der Waals surface area contributed by atoms with Crippen LogP contribution in [0.25, 0.3) is 22.2 Å². The quantitative estimate of drug-likeness (QED) is 0.310. The van der Waals surface area contributed by atoms with Crippen LogP contribution in [-0.4, -0.2) is 26.8 Å². The molecule has 3 N–H and O–H groups in total. The summed E-state index contributed by atoms with van der Waals surface area (Å²) in [4.78, 5) is 22.5. The molecule has 0 aliphatic heterocycles. The van der Waals surface area contributed by atoms with Gasteiger partial charge in [0.15, 0.2) is 5.65 Å². The third-order valence-electron chi connectivity index (χ3n) is 5.33. The van der Waals surface area contributed by atoms with E-state index in [9.17, 15) is 9.18 Å². The number of amides is 1. The maximum absolute atomic E-state index is 13.2. The molecule has 0 atom stereocenters. The second kappa shape index (κ2) is 9.32. The molecule has 10 heteroatoms. The van der Waals surface area contributed by atoms with Gasteiger partial charge < -0.3 is 11.1 Å². The van der Waals surface area contributed by atoms with Gasteiger partial charge in [0.05, 0.1) is 27.3 Å². The lowest BCUT2D eigenvalue weighted by Gasteiger charge is -2.06. The van der Waals surface area contributed by atoms with E-state index in [2.05, 4.69) is 20.4 Å². The van der Waals surface area contributed by atoms with Crippen molar-refractivity contribution in [2.45, 2.75) is 6.54 Å². The Morgan fingerprint density at radius 3 is 2.46 bits per heavy atom. The van der Waals surface area contributed by atoms with Gasteiger partial charge in [0.25, 0.3) is 5.91 Å². The Morgan fingerprint density at radius 2 is 1.74 bits per heavy atom. The van der Waals surface area contributed by atoms with E-state index in [0.29, 0.717) is 37.8 Å². The third-order valence-corrected chi connectivity index (χ3v) is 6.07. The summed E-state index contributed by atoms with van der Waals surface area (Å²) in [5.74, 6) is -0.734. The number of nitrogens with one attached hydrogen (secondary N) is 1. The second-order valence-corrected chi connectivity index (χ2v) is 8.50. The highest BCUT2D eigenvalue weighted by Gasteiger charge is 2.24. The average Bonchev–Trinajstić information content (AvgIpc) is 3.12. The lowest BCUT2D eigenvalue weighted by Crippen LogP contribution is -2.23. The van der Waals surface area contributed by atoms with E-state index in [1.54, 1.807) is 36.4 Å². The number of nitrogen functional groups attached to an aromatic ring is 1. The van der Waals surface area contributed by atoms with Gasteiger partial charge in [-0.15, -0.1) is 0 Å². The van der Waals surface area contributed by atoms with Crippen molar-refractivity contribution in [3.63, 3.8) is 0 Å². The van der Waals surface area contributed by atoms with Crippen LogP contribution in [0.1, 0.15) is 21.5 Å². The zero-order chi connectivity index (χ0) is 24.5. The summed E-state index contributed by atoms with van der Waals surface area (Å²) in [6.07, 6.45) is 1.54. The van der Waals surface area contributed by atoms with Crippen LogP contribution in [0.5, 0.6) is 0 Å². The van der Waals surface area contributed by atoms with Crippen molar-refractivity contribution in [1.29, 1.82) is 0 Å². The molecule has 7 nitrogen and oxygen atoms in total. The van der Waals surface area contributed by atoms with Crippen LogP contribution in [0.15, 0.2) is 71.8 Å². The van der Waals surface area contributed by atoms with E-state index in [1.165, 1.54) is 23.0 Å². The minimum atomic E-state index is -0.454. The molecular weight excluding hydrogens is 490 g/mol. The van der Waals surface area contributed by atoms with Crippen molar-refractivity contribution >= 4 is 63.3 Å². The highest BCUT2D eigenvalue weighted by molar-refractivity contribution is 6.42. The van der Waals surface area contributed by atoms with Crippen LogP contribution in [-0.2, 0) is 6.54 Å². The summed E-state index contributed by atoms with van der Waals surface area (Å²) < 4.78 is 14.6. The molecular formula is C25H17Cl2FN6O. The van der Waals surface area contributed by atoms with Crippen LogP contribution < -0.4 is 11.1 Å². The minimum Gasteiger partial charge on any atom is -0.383 e. The Kier molecular flexibility index (Phi) is 6.07. The number of nitrogens with zero attached hydrogens (tertiary/aromatic N) is 4. The van der Waals surface area contributed by atoms with Crippen LogP contribution >= 0.6 is 23.2 Å². The Hall–Kier alpha value is -4.01. The molecule has 0 aliphatic carbocycles. The first-order valence-electron chi connectivity index (χ1n) is 10.5. The van der Waals surface area contributed by atoms with Gasteiger partial charge in [-0.25, -0.2) is 14.4 Å². The molecule has 0 radical (unpaired) electrons. The number of nitrogens with two attached hydrogens (primary N) is 1. The highest BCUT2D eigenvalue weighted by Crippen LogP contribution is 2.28. The summed E-state index contributed by atoms with van der Waals surface area (Å²) in [7, 11) is 0. The van der Waals surface area contributed by atoms with E-state index in [4.69, 9.17) is 28.9 Å². The van der Waals surface area contributed by atoms with E-state index >= 15 is 0 Å². The summed E-state index contributed by atoms with van der Waals surface area (Å²) in [5.41, 5.74) is 9.82. The zero-order valence-electron chi connectivity index (χ0n) is 18.0. The zero-order valence-corrected chi connectivity index (χ0v) is 19.6. The summed E-state index contributed by atoms with van der Waals surface area (Å²) in [6.45, 7) is 0.179. The van der Waals surface area contributed by atoms with Gasteiger partial charge in [0, 0.05) is 6.54 Å². The summed E-state index contributed by atoms with van der Waals surface area (Å²) in [6, 6.07) is 18.2. The Morgan fingerprint density at radius 1 is 1.03 bits per heavy atom. The van der Waals surface area contributed by atoms with Crippen molar-refractivity contribution in [2.75, 3.05) is 5.73 Å². The number of fused-ring (bicyclic) bond motifs is 2. The number of hydrogen-bond acceptors (Lipinski definition) is 5. The standard InChI is InChI=1S/C25H17Cl2FN6O/c26-17-10-7-15(11-18(17)27)13-31-34-23(29)21(25(35)30-12-14-5-8-16(28)9-6-14)22-24(34)33-20-4-2-1-3-19(20)32-22/h1-11,13H,12,29H2,(H,30,35). The van der Waals surface area contributed by atoms with Crippen molar-refractivity contribution in [3.05, 3.63) is 99.3 Å². The van der Waals surface area contributed by atoms with E-state index in [0.717, 1.165) is 5.56 Å². The van der Waals surface area contributed by atoms with Crippen LogP contribution in [0.4, 0.5) is 10.2 Å². The first-order chi connectivity index (χ1) is 16.9. The minimum absolute atomic E-state index is 0.0724. The second-order valence-electron chi connectivity index (χ2n) is 7.68. The molecule has 1 amide bonds. The fourth-order valence-corrected chi connectivity index (χ4v) is 3.88. The van der Waals surface area contributed by atoms with Crippen LogP contribution in [0.3, 0.4) is 0 Å². The van der Waals surface area contributed by atoms with Crippen molar-refractivity contribution in [3.8, 4) is 0 Å². The Balaban J connectivity index is 1.58. The number of hydrogen-bond donors (Lipinski definition) is 2. The molecule has 35 heavy (non-hydrogen) atoms. The molecule has 2 aromatic heterocycles. The van der Waals surface area contributed by atoms with Gasteiger partial charge in [-0.2, -0.15) is 9.78 Å². The van der Waals surface area contributed by atoms with Crippen LogP contribution in [0, 0.1) is 5.82 Å². The number of carbonyl (C=O) groups excluding carboxylic acids is 1. The van der Waals surface area contributed by atoms with Crippen LogP contribution in [0.2, 0.25) is 10.0 Å². The average molecular weight is 507 g/mol. The molecule has 0 aliphatic rings. The first kappa shape index (κ1) is 22.8. The smallest absolute Gasteiger partial charge is 0.257 e. The molecule has 5 aromatic rings. The predicted molar refractivity (Wildman–Crippen MR) is 136 cm³/mol. The number of aromatic nitrogens is 3. The molecule has 0 bridgehead atoms.